The van der Waals surface area contributed by atoms with Crippen molar-refractivity contribution in [3.63, 3.8) is 0 Å². The van der Waals surface area contributed by atoms with Gasteiger partial charge in [-0.1, -0.05) is 41.4 Å². The second-order valence-corrected chi connectivity index (χ2v) is 7.94. The third-order valence-electron chi connectivity index (χ3n) is 1.71. The lowest BCUT2D eigenvalue weighted by Gasteiger charge is -2.20. The van der Waals surface area contributed by atoms with Crippen LogP contribution >= 0.6 is 35.1 Å². The van der Waals surface area contributed by atoms with Crippen LogP contribution in [0.4, 0.5) is 4.39 Å². The fourth-order valence-corrected chi connectivity index (χ4v) is 4.07. The van der Waals surface area contributed by atoms with E-state index in [0.717, 1.165) is 0 Å². The average Bonchev–Trinajstić information content (AvgIpc) is 2.28. The molecule has 0 atom stereocenters. The van der Waals surface area contributed by atoms with E-state index in [2.05, 4.69) is 0 Å². The molecule has 0 spiro atoms. The van der Waals surface area contributed by atoms with E-state index in [4.69, 9.17) is 28.5 Å². The highest BCUT2D eigenvalue weighted by molar-refractivity contribution is 8.10. The molecule has 0 fully saturated rings. The number of nitrogens with zero attached hydrogens (tertiary/aromatic N) is 2. The molecule has 0 saturated heterocycles. The molecule has 0 saturated carbocycles. The van der Waals surface area contributed by atoms with Crippen LogP contribution < -0.4 is 0 Å². The number of hydrogen-bond donors (Lipinski definition) is 0. The van der Waals surface area contributed by atoms with Crippen molar-refractivity contribution in [1.29, 1.82) is 5.26 Å². The SMILES string of the molecule is N#CCN(SC(F)(Cl)Cl)S(=O)(=O)c1ccccc1. The Morgan fingerprint density at radius 3 is 2.39 bits per heavy atom. The Balaban J connectivity index is 3.10. The minimum Gasteiger partial charge on any atom is -0.206 e. The molecule has 0 aliphatic carbocycles. The maximum Gasteiger partial charge on any atom is 0.319 e. The quantitative estimate of drug-likeness (QED) is 0.473. The molecule has 1 aromatic rings. The van der Waals surface area contributed by atoms with Gasteiger partial charge in [-0.2, -0.15) is 9.65 Å². The molecule has 98 valence electrons. The van der Waals surface area contributed by atoms with Crippen LogP contribution in [0, 0.1) is 11.3 Å². The first-order valence-corrected chi connectivity index (χ1v) is 7.45. The van der Waals surface area contributed by atoms with Gasteiger partial charge in [-0.3, -0.25) is 0 Å². The molecule has 18 heavy (non-hydrogen) atoms. The molecule has 4 nitrogen and oxygen atoms in total. The van der Waals surface area contributed by atoms with Crippen LogP contribution in [0.3, 0.4) is 0 Å². The first-order chi connectivity index (χ1) is 8.27. The molecule has 0 radical (unpaired) electrons. The second kappa shape index (κ2) is 6.08. The van der Waals surface area contributed by atoms with E-state index in [-0.39, 0.29) is 16.8 Å². The molecular weight excluding hydrogens is 322 g/mol. The lowest BCUT2D eigenvalue weighted by Crippen LogP contribution is -2.28. The van der Waals surface area contributed by atoms with Gasteiger partial charge in [0, 0.05) is 11.9 Å². The average molecular weight is 329 g/mol. The molecule has 0 amide bonds. The predicted octanol–water partition coefficient (Wildman–Crippen LogP) is 2.91. The number of halogens is 3. The van der Waals surface area contributed by atoms with Gasteiger partial charge in [0.1, 0.15) is 6.54 Å². The topological polar surface area (TPSA) is 61.2 Å². The smallest absolute Gasteiger partial charge is 0.206 e. The summed E-state index contributed by atoms with van der Waals surface area (Å²) in [5.41, 5.74) is 0. The minimum absolute atomic E-state index is 0.0153. The van der Waals surface area contributed by atoms with Crippen molar-refractivity contribution in [1.82, 2.24) is 3.71 Å². The van der Waals surface area contributed by atoms with Gasteiger partial charge in [-0.25, -0.2) is 8.42 Å². The fourth-order valence-electron chi connectivity index (χ4n) is 1.05. The van der Waals surface area contributed by atoms with Crippen molar-refractivity contribution in [2.75, 3.05) is 6.54 Å². The van der Waals surface area contributed by atoms with Crippen molar-refractivity contribution in [3.8, 4) is 6.07 Å². The third-order valence-corrected chi connectivity index (χ3v) is 5.01. The Hall–Kier alpha value is -0.520. The number of benzene rings is 1. The summed E-state index contributed by atoms with van der Waals surface area (Å²) in [6.45, 7) is -0.576. The van der Waals surface area contributed by atoms with E-state index < -0.39 is 20.5 Å². The maximum absolute atomic E-state index is 13.1. The first-order valence-electron chi connectivity index (χ1n) is 4.48. The van der Waals surface area contributed by atoms with Crippen LogP contribution in [0.2, 0.25) is 0 Å². The summed E-state index contributed by atoms with van der Waals surface area (Å²) in [5, 5.41) is 8.57. The normalized spacial score (nSPS) is 12.4. The van der Waals surface area contributed by atoms with Gasteiger partial charge in [-0.15, -0.1) is 3.71 Å². The molecular formula is C9H7Cl2FN2O2S2. The highest BCUT2D eigenvalue weighted by Gasteiger charge is 2.35. The summed E-state index contributed by atoms with van der Waals surface area (Å²) in [5.74, 6) is 0. The monoisotopic (exact) mass is 328 g/mol. The second-order valence-electron chi connectivity index (χ2n) is 2.97. The first kappa shape index (κ1) is 15.5. The lowest BCUT2D eigenvalue weighted by molar-refractivity contribution is 0.502. The maximum atomic E-state index is 13.1. The van der Waals surface area contributed by atoms with E-state index in [1.165, 1.54) is 24.3 Å². The van der Waals surface area contributed by atoms with Crippen LogP contribution in [-0.2, 0) is 10.0 Å². The molecule has 0 N–H and O–H groups in total. The Kier molecular flexibility index (Phi) is 5.25. The van der Waals surface area contributed by atoms with Gasteiger partial charge in [0.25, 0.3) is 10.0 Å². The zero-order chi connectivity index (χ0) is 13.8. The Morgan fingerprint density at radius 2 is 1.94 bits per heavy atom. The molecule has 0 aliphatic rings. The van der Waals surface area contributed by atoms with Crippen molar-refractivity contribution in [3.05, 3.63) is 30.3 Å². The zero-order valence-electron chi connectivity index (χ0n) is 8.76. The van der Waals surface area contributed by atoms with Crippen LogP contribution in [0.1, 0.15) is 0 Å². The summed E-state index contributed by atoms with van der Waals surface area (Å²) >= 11 is 10.2. The van der Waals surface area contributed by atoms with Crippen molar-refractivity contribution >= 4 is 45.2 Å². The van der Waals surface area contributed by atoms with Gasteiger partial charge in [-0.05, 0) is 12.1 Å². The third kappa shape index (κ3) is 4.30. The number of nitriles is 1. The number of sulfonamides is 1. The van der Waals surface area contributed by atoms with Crippen LogP contribution in [0.15, 0.2) is 35.2 Å². The van der Waals surface area contributed by atoms with E-state index in [0.29, 0.717) is 3.71 Å². The highest BCUT2D eigenvalue weighted by Crippen LogP contribution is 2.40. The number of rotatable bonds is 5. The molecule has 1 rings (SSSR count). The standard InChI is InChI=1S/C9H7Cl2FN2O2S2/c10-9(11,12)17-14(7-6-13)18(15,16)8-4-2-1-3-5-8/h1-5H,7H2. The lowest BCUT2D eigenvalue weighted by atomic mass is 10.4. The van der Waals surface area contributed by atoms with Crippen molar-refractivity contribution in [2.24, 2.45) is 0 Å². The Labute approximate surface area is 118 Å². The molecule has 0 aliphatic heterocycles. The van der Waals surface area contributed by atoms with Gasteiger partial charge >= 0.3 is 3.92 Å². The molecule has 0 bridgehead atoms. The van der Waals surface area contributed by atoms with Crippen LogP contribution in [0.5, 0.6) is 0 Å². The van der Waals surface area contributed by atoms with Gasteiger partial charge in [0.2, 0.25) is 0 Å². The van der Waals surface area contributed by atoms with Crippen molar-refractivity contribution < 1.29 is 12.8 Å². The minimum atomic E-state index is -4.03. The van der Waals surface area contributed by atoms with E-state index in [9.17, 15) is 12.8 Å². The predicted molar refractivity (Wildman–Crippen MR) is 69.1 cm³/mol. The molecule has 0 heterocycles. The van der Waals surface area contributed by atoms with E-state index in [1.807, 2.05) is 0 Å². The van der Waals surface area contributed by atoms with E-state index >= 15 is 0 Å². The van der Waals surface area contributed by atoms with Gasteiger partial charge in [0.05, 0.1) is 11.0 Å². The van der Waals surface area contributed by atoms with E-state index in [1.54, 1.807) is 12.1 Å². The van der Waals surface area contributed by atoms with Crippen LogP contribution in [0.25, 0.3) is 0 Å². The largest absolute Gasteiger partial charge is 0.319 e. The Morgan fingerprint density at radius 1 is 1.39 bits per heavy atom. The van der Waals surface area contributed by atoms with Crippen LogP contribution in [-0.4, -0.2) is 22.6 Å². The fraction of sp³-hybridized carbons (Fsp3) is 0.222. The number of hydrogen-bond acceptors (Lipinski definition) is 4. The highest BCUT2D eigenvalue weighted by atomic mass is 35.5. The summed E-state index contributed by atoms with van der Waals surface area (Å²) in [4.78, 5) is -0.0784. The summed E-state index contributed by atoms with van der Waals surface area (Å²) in [6, 6.07) is 8.89. The molecule has 9 heteroatoms. The van der Waals surface area contributed by atoms with Gasteiger partial charge < -0.3 is 0 Å². The molecule has 0 unspecified atom stereocenters. The molecule has 1 aromatic carbocycles. The van der Waals surface area contributed by atoms with Gasteiger partial charge in [0.15, 0.2) is 0 Å². The molecule has 0 aromatic heterocycles. The number of alkyl halides is 3. The van der Waals surface area contributed by atoms with Crippen molar-refractivity contribution in [2.45, 2.75) is 8.81 Å². The summed E-state index contributed by atoms with van der Waals surface area (Å²) < 4.78 is 34.9. The Bertz CT molecular complexity index is 540. The summed E-state index contributed by atoms with van der Waals surface area (Å²) in [6.07, 6.45) is 0. The zero-order valence-corrected chi connectivity index (χ0v) is 11.9. The summed E-state index contributed by atoms with van der Waals surface area (Å²) in [7, 11) is -4.03.